The fraction of sp³-hybridized carbons (Fsp3) is 0.167. The van der Waals surface area contributed by atoms with Gasteiger partial charge in [0, 0.05) is 17.6 Å². The van der Waals surface area contributed by atoms with Crippen molar-refractivity contribution in [2.75, 3.05) is 5.32 Å². The SMILES string of the molecule is CC(Sc1nnc(-c2ccc(Cl)cc2)n1C)C(=O)Nc1c(F)cccc1F. The van der Waals surface area contributed by atoms with Gasteiger partial charge in [-0.05, 0) is 43.3 Å². The van der Waals surface area contributed by atoms with Crippen LogP contribution in [0.4, 0.5) is 14.5 Å². The molecule has 1 heterocycles. The highest BCUT2D eigenvalue weighted by Gasteiger charge is 2.21. The second-order valence-corrected chi connectivity index (χ2v) is 7.46. The molecule has 1 atom stereocenters. The van der Waals surface area contributed by atoms with Crippen molar-refractivity contribution in [1.82, 2.24) is 14.8 Å². The van der Waals surface area contributed by atoms with Crippen molar-refractivity contribution in [1.29, 1.82) is 0 Å². The van der Waals surface area contributed by atoms with Gasteiger partial charge in [0.25, 0.3) is 0 Å². The van der Waals surface area contributed by atoms with Gasteiger partial charge in [0.2, 0.25) is 5.91 Å². The number of hydrogen-bond donors (Lipinski definition) is 1. The monoisotopic (exact) mass is 408 g/mol. The van der Waals surface area contributed by atoms with Crippen LogP contribution in [0.15, 0.2) is 47.6 Å². The Morgan fingerprint density at radius 2 is 1.78 bits per heavy atom. The van der Waals surface area contributed by atoms with Crippen molar-refractivity contribution >= 4 is 35.0 Å². The Hall–Kier alpha value is -2.45. The van der Waals surface area contributed by atoms with Gasteiger partial charge in [0.1, 0.15) is 17.3 Å². The molecule has 0 aliphatic rings. The Labute approximate surface area is 163 Å². The van der Waals surface area contributed by atoms with Gasteiger partial charge in [0.15, 0.2) is 11.0 Å². The molecule has 3 aromatic rings. The molecule has 3 rings (SSSR count). The maximum Gasteiger partial charge on any atom is 0.237 e. The van der Waals surface area contributed by atoms with Crippen LogP contribution < -0.4 is 5.32 Å². The molecule has 9 heteroatoms. The molecule has 0 aliphatic heterocycles. The van der Waals surface area contributed by atoms with Crippen LogP contribution in [0.1, 0.15) is 6.92 Å². The van der Waals surface area contributed by atoms with Crippen LogP contribution in [-0.2, 0) is 11.8 Å². The maximum absolute atomic E-state index is 13.7. The summed E-state index contributed by atoms with van der Waals surface area (Å²) >= 11 is 7.03. The third-order valence-electron chi connectivity index (χ3n) is 3.80. The molecule has 0 radical (unpaired) electrons. The van der Waals surface area contributed by atoms with Gasteiger partial charge in [-0.25, -0.2) is 8.78 Å². The Kier molecular flexibility index (Phi) is 5.76. The summed E-state index contributed by atoms with van der Waals surface area (Å²) in [6.07, 6.45) is 0. The summed E-state index contributed by atoms with van der Waals surface area (Å²) in [5, 5.41) is 11.0. The summed E-state index contributed by atoms with van der Waals surface area (Å²) in [4.78, 5) is 12.3. The highest BCUT2D eigenvalue weighted by atomic mass is 35.5. The van der Waals surface area contributed by atoms with Gasteiger partial charge >= 0.3 is 0 Å². The molecule has 1 N–H and O–H groups in total. The van der Waals surface area contributed by atoms with E-state index in [0.717, 1.165) is 29.5 Å². The lowest BCUT2D eigenvalue weighted by molar-refractivity contribution is -0.115. The fourth-order valence-corrected chi connectivity index (χ4v) is 3.26. The number of carbonyl (C=O) groups is 1. The van der Waals surface area contributed by atoms with E-state index in [9.17, 15) is 13.6 Å². The minimum atomic E-state index is -0.829. The van der Waals surface area contributed by atoms with E-state index >= 15 is 0 Å². The lowest BCUT2D eigenvalue weighted by Crippen LogP contribution is -2.24. The van der Waals surface area contributed by atoms with Crippen molar-refractivity contribution in [2.45, 2.75) is 17.3 Å². The predicted octanol–water partition coefficient (Wildman–Crippen LogP) is 4.53. The molecule has 0 fully saturated rings. The van der Waals surface area contributed by atoms with Gasteiger partial charge in [-0.1, -0.05) is 29.4 Å². The van der Waals surface area contributed by atoms with Gasteiger partial charge in [0.05, 0.1) is 5.25 Å². The molecule has 1 unspecified atom stereocenters. The number of benzene rings is 2. The molecule has 140 valence electrons. The number of amides is 1. The summed E-state index contributed by atoms with van der Waals surface area (Å²) in [5.74, 6) is -1.59. The molecular formula is C18H15ClF2N4OS. The number of aromatic nitrogens is 3. The van der Waals surface area contributed by atoms with Crippen molar-refractivity contribution in [3.05, 3.63) is 59.1 Å². The first kappa shape index (κ1) is 19.3. The van der Waals surface area contributed by atoms with Gasteiger partial charge in [-0.15, -0.1) is 10.2 Å². The third-order valence-corrected chi connectivity index (χ3v) is 5.19. The fourth-order valence-electron chi connectivity index (χ4n) is 2.32. The minimum absolute atomic E-state index is 0.463. The normalized spacial score (nSPS) is 12.0. The number of hydrogen-bond acceptors (Lipinski definition) is 4. The quantitative estimate of drug-likeness (QED) is 0.630. The number of halogens is 3. The molecule has 0 bridgehead atoms. The molecular weight excluding hydrogens is 394 g/mol. The van der Waals surface area contributed by atoms with E-state index < -0.39 is 28.5 Å². The number of anilines is 1. The smallest absolute Gasteiger partial charge is 0.237 e. The van der Waals surface area contributed by atoms with E-state index in [1.165, 1.54) is 6.07 Å². The van der Waals surface area contributed by atoms with E-state index in [1.807, 2.05) is 12.1 Å². The van der Waals surface area contributed by atoms with Crippen LogP contribution in [0.2, 0.25) is 5.02 Å². The summed E-state index contributed by atoms with van der Waals surface area (Å²) in [6, 6.07) is 10.5. The average molecular weight is 409 g/mol. The Morgan fingerprint density at radius 3 is 2.41 bits per heavy atom. The summed E-state index contributed by atoms with van der Waals surface area (Å²) in [7, 11) is 1.77. The first-order chi connectivity index (χ1) is 12.9. The first-order valence-electron chi connectivity index (χ1n) is 7.93. The second-order valence-electron chi connectivity index (χ2n) is 5.72. The van der Waals surface area contributed by atoms with Crippen LogP contribution in [0, 0.1) is 11.6 Å². The lowest BCUT2D eigenvalue weighted by Gasteiger charge is -2.12. The number of carbonyl (C=O) groups excluding carboxylic acids is 1. The van der Waals surface area contributed by atoms with Gasteiger partial charge < -0.3 is 9.88 Å². The number of para-hydroxylation sites is 1. The predicted molar refractivity (Wildman–Crippen MR) is 102 cm³/mol. The summed E-state index contributed by atoms with van der Waals surface area (Å²) < 4.78 is 29.1. The van der Waals surface area contributed by atoms with E-state index in [-0.39, 0.29) is 0 Å². The van der Waals surface area contributed by atoms with Crippen molar-refractivity contribution in [3.63, 3.8) is 0 Å². The number of nitrogens with zero attached hydrogens (tertiary/aromatic N) is 3. The van der Waals surface area contributed by atoms with Gasteiger partial charge in [-0.2, -0.15) is 0 Å². The number of rotatable bonds is 5. The van der Waals surface area contributed by atoms with E-state index in [0.29, 0.717) is 16.0 Å². The molecule has 27 heavy (non-hydrogen) atoms. The zero-order valence-corrected chi connectivity index (χ0v) is 16.0. The third kappa shape index (κ3) is 4.28. The van der Waals surface area contributed by atoms with Gasteiger partial charge in [-0.3, -0.25) is 4.79 Å². The van der Waals surface area contributed by atoms with Crippen LogP contribution in [0.25, 0.3) is 11.4 Å². The van der Waals surface area contributed by atoms with Crippen LogP contribution >= 0.6 is 23.4 Å². The summed E-state index contributed by atoms with van der Waals surface area (Å²) in [5.41, 5.74) is 0.363. The van der Waals surface area contributed by atoms with Crippen LogP contribution in [0.5, 0.6) is 0 Å². The molecule has 0 saturated carbocycles. The van der Waals surface area contributed by atoms with Crippen molar-refractivity contribution in [3.8, 4) is 11.4 Å². The highest BCUT2D eigenvalue weighted by molar-refractivity contribution is 8.00. The van der Waals surface area contributed by atoms with Crippen molar-refractivity contribution < 1.29 is 13.6 Å². The second kappa shape index (κ2) is 8.06. The minimum Gasteiger partial charge on any atom is -0.320 e. The largest absolute Gasteiger partial charge is 0.320 e. The standard InChI is InChI=1S/C18H15ClF2N4OS/c1-10(17(26)22-15-13(20)4-3-5-14(15)21)27-18-24-23-16(25(18)2)11-6-8-12(19)9-7-11/h3-10H,1-2H3,(H,22,26). The zero-order valence-electron chi connectivity index (χ0n) is 14.4. The molecule has 2 aromatic carbocycles. The summed E-state index contributed by atoms with van der Waals surface area (Å²) in [6.45, 7) is 1.62. The Balaban J connectivity index is 1.73. The maximum atomic E-state index is 13.7. The van der Waals surface area contributed by atoms with E-state index in [4.69, 9.17) is 11.6 Å². The lowest BCUT2D eigenvalue weighted by atomic mass is 10.2. The number of thioether (sulfide) groups is 1. The highest BCUT2D eigenvalue weighted by Crippen LogP contribution is 2.27. The molecule has 1 aromatic heterocycles. The van der Waals surface area contributed by atoms with Crippen molar-refractivity contribution in [2.24, 2.45) is 7.05 Å². The van der Waals surface area contributed by atoms with Crippen LogP contribution in [-0.4, -0.2) is 25.9 Å². The van der Waals surface area contributed by atoms with E-state index in [2.05, 4.69) is 15.5 Å². The van der Waals surface area contributed by atoms with Crippen LogP contribution in [0.3, 0.4) is 0 Å². The number of nitrogens with one attached hydrogen (secondary N) is 1. The average Bonchev–Trinajstić information content (AvgIpc) is 2.99. The molecule has 0 saturated heterocycles. The molecule has 1 amide bonds. The topological polar surface area (TPSA) is 59.8 Å². The first-order valence-corrected chi connectivity index (χ1v) is 9.19. The van der Waals surface area contributed by atoms with E-state index in [1.54, 1.807) is 30.7 Å². The molecule has 5 nitrogen and oxygen atoms in total. The Morgan fingerprint density at radius 1 is 1.15 bits per heavy atom. The Bertz CT molecular complexity index is 958. The molecule has 0 aliphatic carbocycles. The zero-order chi connectivity index (χ0) is 19.6. The molecule has 0 spiro atoms.